The van der Waals surface area contributed by atoms with E-state index in [0.29, 0.717) is 10.8 Å². The molecule has 0 bridgehead atoms. The Labute approximate surface area is 91.8 Å². The van der Waals surface area contributed by atoms with Gasteiger partial charge in [0.25, 0.3) is 0 Å². The normalized spacial score (nSPS) is 23.3. The predicted molar refractivity (Wildman–Crippen MR) is 64.7 cm³/mol. The van der Waals surface area contributed by atoms with Crippen LogP contribution in [0.15, 0.2) is 10.2 Å². The third kappa shape index (κ3) is 3.90. The first kappa shape index (κ1) is 12.0. The van der Waals surface area contributed by atoms with Crippen molar-refractivity contribution in [2.75, 3.05) is 0 Å². The minimum absolute atomic E-state index is 0.0312. The van der Waals surface area contributed by atoms with E-state index in [9.17, 15) is 0 Å². The average Bonchev–Trinajstić information content (AvgIpc) is 1.94. The second-order valence-electron chi connectivity index (χ2n) is 6.05. The van der Waals surface area contributed by atoms with Gasteiger partial charge < -0.3 is 11.5 Å². The molecule has 15 heavy (non-hydrogen) atoms. The summed E-state index contributed by atoms with van der Waals surface area (Å²) >= 11 is 0. The van der Waals surface area contributed by atoms with Crippen LogP contribution < -0.4 is 11.5 Å². The number of hydrogen-bond acceptors (Lipinski definition) is 2. The van der Waals surface area contributed by atoms with Crippen molar-refractivity contribution < 1.29 is 0 Å². The number of rotatable bonds is 1. The molecule has 0 aromatic heterocycles. The van der Waals surface area contributed by atoms with Crippen LogP contribution >= 0.6 is 0 Å². The number of guanidine groups is 1. The summed E-state index contributed by atoms with van der Waals surface area (Å²) in [7, 11) is 0. The molecule has 1 rings (SSSR count). The van der Waals surface area contributed by atoms with Crippen molar-refractivity contribution in [2.24, 2.45) is 32.5 Å². The number of hydrogen-bond donors (Lipinski definition) is 2. The Morgan fingerprint density at radius 3 is 1.93 bits per heavy atom. The summed E-state index contributed by atoms with van der Waals surface area (Å²) in [6.45, 7) is 9.05. The average molecular weight is 210 g/mol. The van der Waals surface area contributed by atoms with Gasteiger partial charge in [-0.15, -0.1) is 5.10 Å². The summed E-state index contributed by atoms with van der Waals surface area (Å²) in [6, 6.07) is 0. The fourth-order valence-electron chi connectivity index (χ4n) is 2.79. The van der Waals surface area contributed by atoms with Crippen LogP contribution in [0.25, 0.3) is 0 Å². The summed E-state index contributed by atoms with van der Waals surface area (Å²) in [6.07, 6.45) is 3.17. The molecule has 0 aromatic carbocycles. The molecule has 1 saturated carbocycles. The zero-order valence-corrected chi connectivity index (χ0v) is 10.2. The lowest BCUT2D eigenvalue weighted by atomic mass is 9.65. The SMILES string of the molecule is CC1(C)CC(=NN=C(N)N)CC(C)(C)C1. The maximum absolute atomic E-state index is 5.27. The molecule has 0 aromatic rings. The van der Waals surface area contributed by atoms with E-state index in [2.05, 4.69) is 37.9 Å². The molecular weight excluding hydrogens is 188 g/mol. The quantitative estimate of drug-likeness (QED) is 0.393. The second-order valence-corrected chi connectivity index (χ2v) is 6.05. The number of nitrogens with two attached hydrogens (primary N) is 2. The molecule has 86 valence electrons. The maximum Gasteiger partial charge on any atom is 0.211 e. The molecule has 0 aliphatic heterocycles. The molecular formula is C11H22N4. The highest BCUT2D eigenvalue weighted by Crippen LogP contribution is 2.44. The van der Waals surface area contributed by atoms with E-state index < -0.39 is 0 Å². The summed E-state index contributed by atoms with van der Waals surface area (Å²) in [5.41, 5.74) is 12.2. The van der Waals surface area contributed by atoms with E-state index in [1.165, 1.54) is 6.42 Å². The van der Waals surface area contributed by atoms with Crippen molar-refractivity contribution >= 4 is 11.7 Å². The van der Waals surface area contributed by atoms with Crippen LogP contribution in [0.5, 0.6) is 0 Å². The largest absolute Gasteiger partial charge is 0.369 e. The van der Waals surface area contributed by atoms with Crippen molar-refractivity contribution in [2.45, 2.75) is 47.0 Å². The summed E-state index contributed by atoms with van der Waals surface area (Å²) in [4.78, 5) is 0. The van der Waals surface area contributed by atoms with Crippen molar-refractivity contribution in [3.63, 3.8) is 0 Å². The van der Waals surface area contributed by atoms with Crippen molar-refractivity contribution in [3.8, 4) is 0 Å². The van der Waals surface area contributed by atoms with Crippen molar-refractivity contribution in [1.29, 1.82) is 0 Å². The van der Waals surface area contributed by atoms with Crippen LogP contribution in [0.2, 0.25) is 0 Å². The Bertz CT molecular complexity index is 278. The molecule has 0 heterocycles. The fraction of sp³-hybridized carbons (Fsp3) is 0.818. The van der Waals surface area contributed by atoms with Crippen LogP contribution in [-0.4, -0.2) is 11.7 Å². The Morgan fingerprint density at radius 2 is 1.53 bits per heavy atom. The standard InChI is InChI=1S/C11H22N4/c1-10(2)5-8(14-15-9(12)13)6-11(3,4)7-10/h5-7H2,1-4H3,(H4,12,13,15). The molecule has 1 aliphatic carbocycles. The molecule has 0 radical (unpaired) electrons. The van der Waals surface area contributed by atoms with E-state index >= 15 is 0 Å². The first-order valence-corrected chi connectivity index (χ1v) is 5.35. The number of nitrogens with zero attached hydrogens (tertiary/aromatic N) is 2. The lowest BCUT2D eigenvalue weighted by Crippen LogP contribution is -2.34. The van der Waals surface area contributed by atoms with Gasteiger partial charge in [-0.05, 0) is 30.1 Å². The molecule has 0 saturated heterocycles. The summed E-state index contributed by atoms with van der Waals surface area (Å²) < 4.78 is 0. The summed E-state index contributed by atoms with van der Waals surface area (Å²) in [5.74, 6) is 0.0312. The molecule has 0 unspecified atom stereocenters. The molecule has 0 spiro atoms. The second kappa shape index (κ2) is 3.83. The van der Waals surface area contributed by atoms with Crippen LogP contribution in [0, 0.1) is 10.8 Å². The molecule has 0 amide bonds. The van der Waals surface area contributed by atoms with Crippen molar-refractivity contribution in [3.05, 3.63) is 0 Å². The van der Waals surface area contributed by atoms with Gasteiger partial charge >= 0.3 is 0 Å². The Hall–Kier alpha value is -1.06. The van der Waals surface area contributed by atoms with Gasteiger partial charge in [0.05, 0.1) is 0 Å². The minimum atomic E-state index is 0.0312. The Kier molecular flexibility index (Phi) is 3.07. The topological polar surface area (TPSA) is 76.8 Å². The van der Waals surface area contributed by atoms with Crippen LogP contribution in [0.3, 0.4) is 0 Å². The highest BCUT2D eigenvalue weighted by atomic mass is 15.3. The zero-order valence-electron chi connectivity index (χ0n) is 10.2. The molecule has 4 nitrogen and oxygen atoms in total. The van der Waals surface area contributed by atoms with E-state index in [-0.39, 0.29) is 5.96 Å². The van der Waals surface area contributed by atoms with Gasteiger partial charge in [0.1, 0.15) is 0 Å². The first-order chi connectivity index (χ1) is 6.70. The lowest BCUT2D eigenvalue weighted by molar-refractivity contribution is 0.182. The Balaban J connectivity index is 2.84. The highest BCUT2D eigenvalue weighted by molar-refractivity contribution is 5.87. The molecule has 1 aliphatic rings. The fourth-order valence-corrected chi connectivity index (χ4v) is 2.79. The smallest absolute Gasteiger partial charge is 0.211 e. The molecule has 0 atom stereocenters. The zero-order chi connectivity index (χ0) is 11.7. The van der Waals surface area contributed by atoms with Crippen LogP contribution in [0.4, 0.5) is 0 Å². The molecule has 4 heteroatoms. The van der Waals surface area contributed by atoms with Gasteiger partial charge in [0.2, 0.25) is 5.96 Å². The van der Waals surface area contributed by atoms with Gasteiger partial charge in [0.15, 0.2) is 0 Å². The van der Waals surface area contributed by atoms with Gasteiger partial charge in [-0.1, -0.05) is 27.7 Å². The van der Waals surface area contributed by atoms with Gasteiger partial charge in [-0.3, -0.25) is 0 Å². The van der Waals surface area contributed by atoms with E-state index in [1.54, 1.807) is 0 Å². The van der Waals surface area contributed by atoms with Crippen LogP contribution in [0.1, 0.15) is 47.0 Å². The first-order valence-electron chi connectivity index (χ1n) is 5.35. The van der Waals surface area contributed by atoms with E-state index in [1.807, 2.05) is 0 Å². The van der Waals surface area contributed by atoms with Gasteiger partial charge in [-0.2, -0.15) is 5.10 Å². The molecule has 4 N–H and O–H groups in total. The Morgan fingerprint density at radius 1 is 1.07 bits per heavy atom. The third-order valence-electron chi connectivity index (χ3n) is 2.63. The van der Waals surface area contributed by atoms with Crippen LogP contribution in [-0.2, 0) is 0 Å². The maximum atomic E-state index is 5.27. The minimum Gasteiger partial charge on any atom is -0.369 e. The van der Waals surface area contributed by atoms with E-state index in [4.69, 9.17) is 11.5 Å². The predicted octanol–water partition coefficient (Wildman–Crippen LogP) is 1.85. The van der Waals surface area contributed by atoms with Gasteiger partial charge in [0, 0.05) is 5.71 Å². The lowest BCUT2D eigenvalue weighted by Gasteiger charge is -2.40. The molecule has 1 fully saturated rings. The van der Waals surface area contributed by atoms with Crippen molar-refractivity contribution in [1.82, 2.24) is 0 Å². The third-order valence-corrected chi connectivity index (χ3v) is 2.63. The summed E-state index contributed by atoms with van der Waals surface area (Å²) in [5, 5.41) is 7.87. The highest BCUT2D eigenvalue weighted by Gasteiger charge is 2.36. The monoisotopic (exact) mass is 210 g/mol. The van der Waals surface area contributed by atoms with Gasteiger partial charge in [-0.25, -0.2) is 0 Å². The van der Waals surface area contributed by atoms with E-state index in [0.717, 1.165) is 18.6 Å².